The fraction of sp³-hybridized carbons (Fsp3) is 0.500. The molecule has 25 heavy (non-hydrogen) atoms. The molecule has 7 heteroatoms. The molecule has 7 nitrogen and oxygen atoms in total. The van der Waals surface area contributed by atoms with E-state index in [1.807, 2.05) is 51.2 Å². The Kier molecular flexibility index (Phi) is 5.45. The number of nitrogens with zero attached hydrogens (tertiary/aromatic N) is 4. The van der Waals surface area contributed by atoms with Gasteiger partial charge in [-0.1, -0.05) is 30.3 Å². The zero-order valence-electron chi connectivity index (χ0n) is 15.0. The van der Waals surface area contributed by atoms with Gasteiger partial charge in [-0.25, -0.2) is 4.98 Å². The van der Waals surface area contributed by atoms with E-state index in [1.54, 1.807) is 4.90 Å². The van der Waals surface area contributed by atoms with Crippen LogP contribution in [0.4, 0.5) is 0 Å². The standard InChI is InChI=1S/C18H25N5O2/c1-13(18(24)22(3)11-15-7-5-4-6-8-15)23-9-10-25-16(12-23)17-19-14(2)20-21-17/h4-8,13,16H,9-12H2,1-3H3,(H,19,20,21). The summed E-state index contributed by atoms with van der Waals surface area (Å²) in [5.41, 5.74) is 1.13. The van der Waals surface area contributed by atoms with Crippen molar-refractivity contribution in [3.05, 3.63) is 47.5 Å². The Morgan fingerprint density at radius 2 is 2.20 bits per heavy atom. The van der Waals surface area contributed by atoms with Crippen LogP contribution in [0.25, 0.3) is 0 Å². The molecule has 0 saturated carbocycles. The molecule has 2 unspecified atom stereocenters. The highest BCUT2D eigenvalue weighted by Crippen LogP contribution is 2.21. The summed E-state index contributed by atoms with van der Waals surface area (Å²) < 4.78 is 5.78. The first kappa shape index (κ1) is 17.6. The summed E-state index contributed by atoms with van der Waals surface area (Å²) in [6, 6.07) is 9.81. The van der Waals surface area contributed by atoms with E-state index in [4.69, 9.17) is 4.74 Å². The summed E-state index contributed by atoms with van der Waals surface area (Å²) in [6.45, 7) is 6.34. The van der Waals surface area contributed by atoms with Crippen molar-refractivity contribution >= 4 is 5.91 Å². The highest BCUT2D eigenvalue weighted by Gasteiger charge is 2.31. The first-order valence-corrected chi connectivity index (χ1v) is 8.58. The molecule has 0 spiro atoms. The summed E-state index contributed by atoms with van der Waals surface area (Å²) in [5, 5.41) is 7.03. The number of aromatic amines is 1. The predicted molar refractivity (Wildman–Crippen MR) is 93.8 cm³/mol. The zero-order valence-corrected chi connectivity index (χ0v) is 15.0. The number of nitrogens with one attached hydrogen (secondary N) is 1. The summed E-state index contributed by atoms with van der Waals surface area (Å²) in [5.74, 6) is 1.53. The second-order valence-corrected chi connectivity index (χ2v) is 6.49. The van der Waals surface area contributed by atoms with Crippen LogP contribution in [0, 0.1) is 6.92 Å². The lowest BCUT2D eigenvalue weighted by molar-refractivity contribution is -0.139. The van der Waals surface area contributed by atoms with Crippen molar-refractivity contribution in [3.8, 4) is 0 Å². The van der Waals surface area contributed by atoms with Gasteiger partial charge in [-0.15, -0.1) is 0 Å². The number of morpholine rings is 1. The molecular formula is C18H25N5O2. The second kappa shape index (κ2) is 7.76. The van der Waals surface area contributed by atoms with Crippen LogP contribution in [0.3, 0.4) is 0 Å². The maximum atomic E-state index is 12.8. The van der Waals surface area contributed by atoms with Gasteiger partial charge in [0.25, 0.3) is 0 Å². The number of hydrogen-bond acceptors (Lipinski definition) is 5. The van der Waals surface area contributed by atoms with E-state index in [0.717, 1.165) is 17.9 Å². The minimum Gasteiger partial charge on any atom is -0.367 e. The summed E-state index contributed by atoms with van der Waals surface area (Å²) in [4.78, 5) is 21.1. The van der Waals surface area contributed by atoms with Gasteiger partial charge in [0.05, 0.1) is 12.6 Å². The monoisotopic (exact) mass is 343 g/mol. The number of rotatable bonds is 5. The number of likely N-dealkylation sites (N-methyl/N-ethyl adjacent to an activating group) is 1. The zero-order chi connectivity index (χ0) is 17.8. The smallest absolute Gasteiger partial charge is 0.239 e. The lowest BCUT2D eigenvalue weighted by Crippen LogP contribution is -2.50. The van der Waals surface area contributed by atoms with Gasteiger partial charge in [0.2, 0.25) is 5.91 Å². The van der Waals surface area contributed by atoms with Crippen LogP contribution in [-0.4, -0.2) is 63.7 Å². The van der Waals surface area contributed by atoms with Crippen molar-refractivity contribution in [2.75, 3.05) is 26.7 Å². The predicted octanol–water partition coefficient (Wildman–Crippen LogP) is 1.53. The van der Waals surface area contributed by atoms with E-state index in [-0.39, 0.29) is 18.1 Å². The molecule has 0 aliphatic carbocycles. The topological polar surface area (TPSA) is 74.3 Å². The van der Waals surface area contributed by atoms with Crippen LogP contribution in [0.5, 0.6) is 0 Å². The van der Waals surface area contributed by atoms with Gasteiger partial charge in [-0.3, -0.25) is 14.8 Å². The molecule has 0 bridgehead atoms. The van der Waals surface area contributed by atoms with Crippen LogP contribution in [0.1, 0.15) is 30.2 Å². The van der Waals surface area contributed by atoms with Crippen molar-refractivity contribution < 1.29 is 9.53 Å². The van der Waals surface area contributed by atoms with Crippen LogP contribution >= 0.6 is 0 Å². The van der Waals surface area contributed by atoms with E-state index in [2.05, 4.69) is 20.1 Å². The number of aryl methyl sites for hydroxylation is 1. The minimum absolute atomic E-state index is 0.107. The second-order valence-electron chi connectivity index (χ2n) is 6.49. The number of amides is 1. The number of ether oxygens (including phenoxy) is 1. The van der Waals surface area contributed by atoms with E-state index in [9.17, 15) is 4.79 Å². The van der Waals surface area contributed by atoms with Crippen LogP contribution < -0.4 is 0 Å². The Balaban J connectivity index is 1.61. The van der Waals surface area contributed by atoms with Crippen LogP contribution in [0.2, 0.25) is 0 Å². The number of H-pyrrole nitrogens is 1. The number of aromatic nitrogens is 3. The Bertz CT molecular complexity index is 703. The molecule has 1 N–H and O–H groups in total. The molecule has 1 amide bonds. The molecule has 1 saturated heterocycles. The summed E-state index contributed by atoms with van der Waals surface area (Å²) in [6.07, 6.45) is -0.201. The molecule has 1 aliphatic heterocycles. The first-order chi connectivity index (χ1) is 12.0. The van der Waals surface area contributed by atoms with Crippen LogP contribution in [-0.2, 0) is 16.1 Å². The summed E-state index contributed by atoms with van der Waals surface area (Å²) in [7, 11) is 1.85. The number of hydrogen-bond donors (Lipinski definition) is 1. The van der Waals surface area contributed by atoms with Crippen molar-refractivity contribution in [1.29, 1.82) is 0 Å². The Hall–Kier alpha value is -2.25. The van der Waals surface area contributed by atoms with Gasteiger partial charge in [0.1, 0.15) is 11.9 Å². The lowest BCUT2D eigenvalue weighted by atomic mass is 10.1. The molecule has 1 fully saturated rings. The Morgan fingerprint density at radius 1 is 1.44 bits per heavy atom. The molecular weight excluding hydrogens is 318 g/mol. The van der Waals surface area contributed by atoms with Gasteiger partial charge < -0.3 is 9.64 Å². The van der Waals surface area contributed by atoms with Gasteiger partial charge in [-0.05, 0) is 19.4 Å². The highest BCUT2D eigenvalue weighted by atomic mass is 16.5. The fourth-order valence-corrected chi connectivity index (χ4v) is 3.09. The van der Waals surface area contributed by atoms with Gasteiger partial charge >= 0.3 is 0 Å². The fourth-order valence-electron chi connectivity index (χ4n) is 3.09. The van der Waals surface area contributed by atoms with Crippen molar-refractivity contribution in [2.45, 2.75) is 32.5 Å². The SMILES string of the molecule is Cc1nc(C2CN(C(C)C(=O)N(C)Cc3ccccc3)CCO2)n[nH]1. The molecule has 3 rings (SSSR count). The average molecular weight is 343 g/mol. The maximum absolute atomic E-state index is 12.8. The quantitative estimate of drug-likeness (QED) is 0.891. The third-order valence-corrected chi connectivity index (χ3v) is 4.54. The molecule has 0 radical (unpaired) electrons. The van der Waals surface area contributed by atoms with Crippen LogP contribution in [0.15, 0.2) is 30.3 Å². The average Bonchev–Trinajstić information content (AvgIpc) is 3.08. The van der Waals surface area contributed by atoms with Crippen molar-refractivity contribution in [2.24, 2.45) is 0 Å². The largest absolute Gasteiger partial charge is 0.367 e. The van der Waals surface area contributed by atoms with E-state index >= 15 is 0 Å². The summed E-state index contributed by atoms with van der Waals surface area (Å²) >= 11 is 0. The molecule has 1 aromatic heterocycles. The molecule has 2 heterocycles. The first-order valence-electron chi connectivity index (χ1n) is 8.58. The Morgan fingerprint density at radius 3 is 2.88 bits per heavy atom. The molecule has 2 aromatic rings. The Labute approximate surface area is 148 Å². The molecule has 1 aromatic carbocycles. The van der Waals surface area contributed by atoms with E-state index in [1.165, 1.54) is 0 Å². The number of carbonyl (C=O) groups is 1. The normalized spacial score (nSPS) is 19.6. The van der Waals surface area contributed by atoms with Crippen molar-refractivity contribution in [1.82, 2.24) is 25.0 Å². The molecule has 2 atom stereocenters. The number of carbonyl (C=O) groups excluding carboxylic acids is 1. The van der Waals surface area contributed by atoms with Crippen molar-refractivity contribution in [3.63, 3.8) is 0 Å². The lowest BCUT2D eigenvalue weighted by Gasteiger charge is -2.36. The minimum atomic E-state index is -0.208. The van der Waals surface area contributed by atoms with Gasteiger partial charge in [0, 0.05) is 26.7 Å². The molecule has 134 valence electrons. The third-order valence-electron chi connectivity index (χ3n) is 4.54. The van der Waals surface area contributed by atoms with Gasteiger partial charge in [0.15, 0.2) is 5.82 Å². The van der Waals surface area contributed by atoms with Gasteiger partial charge in [-0.2, -0.15) is 5.10 Å². The van der Waals surface area contributed by atoms with E-state index < -0.39 is 0 Å². The molecule has 1 aliphatic rings. The van der Waals surface area contributed by atoms with E-state index in [0.29, 0.717) is 25.5 Å². The third kappa shape index (κ3) is 4.24. The number of benzene rings is 1. The maximum Gasteiger partial charge on any atom is 0.239 e. The highest BCUT2D eigenvalue weighted by molar-refractivity contribution is 5.81.